The van der Waals surface area contributed by atoms with Gasteiger partial charge >= 0.3 is 5.97 Å². The van der Waals surface area contributed by atoms with E-state index in [-0.39, 0.29) is 5.56 Å². The van der Waals surface area contributed by atoms with Gasteiger partial charge in [-0.25, -0.2) is 4.79 Å². The summed E-state index contributed by atoms with van der Waals surface area (Å²) in [5, 5.41) is 2.68. The van der Waals surface area contributed by atoms with Crippen LogP contribution in [0.1, 0.15) is 15.9 Å². The van der Waals surface area contributed by atoms with E-state index in [1.54, 1.807) is 30.3 Å². The van der Waals surface area contributed by atoms with Crippen molar-refractivity contribution in [3.8, 4) is 0 Å². The first-order valence-corrected chi connectivity index (χ1v) is 8.50. The number of anilines is 1. The van der Waals surface area contributed by atoms with Crippen molar-refractivity contribution in [1.29, 1.82) is 0 Å². The maximum Gasteiger partial charge on any atom is 0.339 e. The highest BCUT2D eigenvalue weighted by molar-refractivity contribution is 7.84. The Kier molecular flexibility index (Phi) is 5.65. The highest BCUT2D eigenvalue weighted by Crippen LogP contribution is 2.15. The summed E-state index contributed by atoms with van der Waals surface area (Å²) in [6, 6.07) is 13.8. The Labute approximate surface area is 137 Å². The number of nitrogens with one attached hydrogen (secondary N) is 1. The van der Waals surface area contributed by atoms with Crippen LogP contribution in [0.4, 0.5) is 5.69 Å². The molecule has 2 aromatic carbocycles. The zero-order chi connectivity index (χ0) is 16.8. The Hall–Kier alpha value is -2.47. The Morgan fingerprint density at radius 2 is 1.74 bits per heavy atom. The van der Waals surface area contributed by atoms with Crippen LogP contribution >= 0.6 is 0 Å². The first kappa shape index (κ1) is 16.9. The summed E-state index contributed by atoms with van der Waals surface area (Å²) in [5.74, 6) is -1.10. The minimum Gasteiger partial charge on any atom is -0.452 e. The van der Waals surface area contributed by atoms with Gasteiger partial charge in [0.05, 0.1) is 21.3 Å². The molecule has 0 unspecified atom stereocenters. The molecule has 0 heterocycles. The third-order valence-corrected chi connectivity index (χ3v) is 4.15. The van der Waals surface area contributed by atoms with E-state index in [9.17, 15) is 13.8 Å². The van der Waals surface area contributed by atoms with E-state index in [1.165, 1.54) is 12.3 Å². The van der Waals surface area contributed by atoms with Crippen LogP contribution in [-0.2, 0) is 20.3 Å². The van der Waals surface area contributed by atoms with E-state index >= 15 is 0 Å². The molecule has 0 saturated heterocycles. The summed E-state index contributed by atoms with van der Waals surface area (Å²) in [6.45, 7) is 1.46. The molecule has 0 spiro atoms. The van der Waals surface area contributed by atoms with E-state index in [4.69, 9.17) is 4.74 Å². The number of benzene rings is 2. The summed E-state index contributed by atoms with van der Waals surface area (Å²) < 4.78 is 16.6. The molecule has 2 aromatic rings. The number of rotatable bonds is 5. The van der Waals surface area contributed by atoms with Gasteiger partial charge in [0.1, 0.15) is 0 Å². The molecule has 0 aliphatic heterocycles. The lowest BCUT2D eigenvalue weighted by molar-refractivity contribution is -0.119. The van der Waals surface area contributed by atoms with Crippen molar-refractivity contribution in [3.63, 3.8) is 0 Å². The van der Waals surface area contributed by atoms with Crippen molar-refractivity contribution >= 4 is 28.4 Å². The molecular weight excluding hydrogens is 314 g/mol. The molecule has 1 N–H and O–H groups in total. The average molecular weight is 331 g/mol. The molecule has 0 saturated carbocycles. The van der Waals surface area contributed by atoms with Gasteiger partial charge in [0.2, 0.25) is 0 Å². The van der Waals surface area contributed by atoms with Gasteiger partial charge in [0, 0.05) is 11.9 Å². The fraction of sp³-hybridized carbons (Fsp3) is 0.176. The second-order valence-electron chi connectivity index (χ2n) is 4.89. The molecular formula is C17H17NO4S. The molecule has 0 aliphatic carbocycles. The number of para-hydroxylation sites is 1. The normalized spacial score (nSPS) is 11.6. The maximum absolute atomic E-state index is 12.1. The third kappa shape index (κ3) is 4.50. The lowest BCUT2D eigenvalue weighted by Gasteiger charge is -2.10. The molecule has 0 radical (unpaired) electrons. The van der Waals surface area contributed by atoms with E-state index in [0.717, 1.165) is 5.56 Å². The number of ether oxygens (including phenoxy) is 1. The van der Waals surface area contributed by atoms with Crippen LogP contribution in [0.2, 0.25) is 0 Å². The second kappa shape index (κ2) is 7.69. The second-order valence-corrected chi connectivity index (χ2v) is 6.24. The highest BCUT2D eigenvalue weighted by atomic mass is 32.2. The fourth-order valence-corrected chi connectivity index (χ4v) is 2.73. The van der Waals surface area contributed by atoms with Crippen LogP contribution in [0.25, 0.3) is 0 Å². The minimum atomic E-state index is -1.31. The molecule has 0 aromatic heterocycles. The standard InChI is InChI=1S/C17H17NO4S/c1-12-7-3-5-9-14(12)18-16(19)11-22-17(20)13-8-4-6-10-15(13)23(2)21/h3-10H,11H2,1-2H3,(H,18,19)/t23-/m0/s1. The van der Waals surface area contributed by atoms with Gasteiger partial charge in [-0.15, -0.1) is 0 Å². The lowest BCUT2D eigenvalue weighted by Crippen LogP contribution is -2.21. The van der Waals surface area contributed by atoms with Gasteiger partial charge in [0.15, 0.2) is 6.61 Å². The van der Waals surface area contributed by atoms with Crippen molar-refractivity contribution in [2.75, 3.05) is 18.2 Å². The molecule has 23 heavy (non-hydrogen) atoms. The van der Waals surface area contributed by atoms with E-state index in [1.807, 2.05) is 19.1 Å². The number of carbonyl (C=O) groups excluding carboxylic acids is 2. The summed E-state index contributed by atoms with van der Waals surface area (Å²) in [7, 11) is -1.31. The average Bonchev–Trinajstić information content (AvgIpc) is 2.54. The maximum atomic E-state index is 12.1. The predicted octanol–water partition coefficient (Wildman–Crippen LogP) is 2.53. The van der Waals surface area contributed by atoms with Crippen LogP contribution in [0.15, 0.2) is 53.4 Å². The minimum absolute atomic E-state index is 0.206. The van der Waals surface area contributed by atoms with Crippen molar-refractivity contribution in [3.05, 3.63) is 59.7 Å². The number of esters is 1. The predicted molar refractivity (Wildman–Crippen MR) is 88.9 cm³/mol. The van der Waals surface area contributed by atoms with Gasteiger partial charge in [-0.3, -0.25) is 9.00 Å². The van der Waals surface area contributed by atoms with Crippen LogP contribution in [0.3, 0.4) is 0 Å². The largest absolute Gasteiger partial charge is 0.452 e. The Balaban J connectivity index is 1.98. The topological polar surface area (TPSA) is 72.5 Å². The fourth-order valence-electron chi connectivity index (χ4n) is 1.99. The lowest BCUT2D eigenvalue weighted by atomic mass is 10.2. The third-order valence-electron chi connectivity index (χ3n) is 3.17. The van der Waals surface area contributed by atoms with Crippen molar-refractivity contribution in [2.45, 2.75) is 11.8 Å². The Morgan fingerprint density at radius 3 is 2.43 bits per heavy atom. The summed E-state index contributed by atoms with van der Waals surface area (Å²) in [4.78, 5) is 24.3. The number of aryl methyl sites for hydroxylation is 1. The van der Waals surface area contributed by atoms with Crippen LogP contribution < -0.4 is 5.32 Å². The van der Waals surface area contributed by atoms with Gasteiger partial charge in [-0.2, -0.15) is 0 Å². The molecule has 120 valence electrons. The highest BCUT2D eigenvalue weighted by Gasteiger charge is 2.16. The van der Waals surface area contributed by atoms with Gasteiger partial charge in [0.25, 0.3) is 5.91 Å². The molecule has 6 heteroatoms. The Bertz CT molecular complexity index is 758. The zero-order valence-electron chi connectivity index (χ0n) is 12.9. The molecule has 1 amide bonds. The van der Waals surface area contributed by atoms with Crippen molar-refractivity contribution < 1.29 is 18.5 Å². The quantitative estimate of drug-likeness (QED) is 0.855. The summed E-state index contributed by atoms with van der Waals surface area (Å²) >= 11 is 0. The van der Waals surface area contributed by atoms with Crippen molar-refractivity contribution in [1.82, 2.24) is 0 Å². The number of hydrogen-bond acceptors (Lipinski definition) is 4. The van der Waals surface area contributed by atoms with Crippen LogP contribution in [0, 0.1) is 6.92 Å². The Morgan fingerprint density at radius 1 is 1.09 bits per heavy atom. The van der Waals surface area contributed by atoms with E-state index in [2.05, 4.69) is 5.32 Å². The van der Waals surface area contributed by atoms with Crippen LogP contribution in [-0.4, -0.2) is 28.9 Å². The molecule has 2 rings (SSSR count). The number of hydrogen-bond donors (Lipinski definition) is 1. The monoisotopic (exact) mass is 331 g/mol. The first-order valence-electron chi connectivity index (χ1n) is 6.94. The molecule has 1 atom stereocenters. The SMILES string of the molecule is Cc1ccccc1NC(=O)COC(=O)c1ccccc1[S@](C)=O. The molecule has 0 bridgehead atoms. The number of amides is 1. The van der Waals surface area contributed by atoms with Crippen molar-refractivity contribution in [2.24, 2.45) is 0 Å². The summed E-state index contributed by atoms with van der Waals surface area (Å²) in [5.41, 5.74) is 1.79. The number of carbonyl (C=O) groups is 2. The van der Waals surface area contributed by atoms with E-state index in [0.29, 0.717) is 10.6 Å². The zero-order valence-corrected chi connectivity index (χ0v) is 13.7. The molecule has 0 aliphatic rings. The van der Waals surface area contributed by atoms with Gasteiger partial charge in [-0.05, 0) is 30.7 Å². The van der Waals surface area contributed by atoms with Gasteiger partial charge in [-0.1, -0.05) is 30.3 Å². The smallest absolute Gasteiger partial charge is 0.339 e. The molecule has 5 nitrogen and oxygen atoms in total. The summed E-state index contributed by atoms with van der Waals surface area (Å²) in [6.07, 6.45) is 1.48. The van der Waals surface area contributed by atoms with Crippen LogP contribution in [0.5, 0.6) is 0 Å². The first-order chi connectivity index (χ1) is 11.0. The van der Waals surface area contributed by atoms with Gasteiger partial charge < -0.3 is 10.1 Å². The van der Waals surface area contributed by atoms with E-state index < -0.39 is 29.3 Å². The molecule has 0 fully saturated rings.